The normalized spacial score (nSPS) is 18.1. The molecule has 5 heteroatoms. The molecular weight excluding hydrogens is 480 g/mol. The molecule has 5 rings (SSSR count). The Morgan fingerprint density at radius 2 is 1.85 bits per heavy atom. The SMILES string of the molecule is CCC(CC)(NC(=O)c1cnn2c1NC(C1=CC=CC=CC1)CC2(C)C)c1ccc(-c2ccccc2C)cc1.[HH].[HH]. The summed E-state index contributed by atoms with van der Waals surface area (Å²) in [4.78, 5) is 13.9. The number of fused-ring (bicyclic) bond motifs is 1. The Kier molecular flexibility index (Phi) is 7.35. The first-order valence-electron chi connectivity index (χ1n) is 14.1. The van der Waals surface area contributed by atoms with Crippen molar-refractivity contribution in [2.75, 3.05) is 5.32 Å². The van der Waals surface area contributed by atoms with E-state index in [4.69, 9.17) is 0 Å². The Balaban J connectivity index is 0.00000231. The topological polar surface area (TPSA) is 59.0 Å². The van der Waals surface area contributed by atoms with Crippen molar-refractivity contribution in [2.24, 2.45) is 0 Å². The van der Waals surface area contributed by atoms with Gasteiger partial charge in [0.2, 0.25) is 0 Å². The molecule has 1 amide bonds. The van der Waals surface area contributed by atoms with Crippen molar-refractivity contribution in [3.8, 4) is 11.1 Å². The molecule has 5 nitrogen and oxygen atoms in total. The highest BCUT2D eigenvalue weighted by Gasteiger charge is 2.38. The fourth-order valence-corrected chi connectivity index (χ4v) is 6.05. The highest BCUT2D eigenvalue weighted by Crippen LogP contribution is 2.38. The Morgan fingerprint density at radius 3 is 2.56 bits per heavy atom. The number of aryl methyl sites for hydroxylation is 1. The molecule has 0 bridgehead atoms. The Hall–Kier alpha value is -3.86. The second-order valence-corrected chi connectivity index (χ2v) is 11.4. The quantitative estimate of drug-likeness (QED) is 0.328. The van der Waals surface area contributed by atoms with E-state index in [1.54, 1.807) is 6.20 Å². The van der Waals surface area contributed by atoms with Gasteiger partial charge in [0.15, 0.2) is 0 Å². The summed E-state index contributed by atoms with van der Waals surface area (Å²) in [7, 11) is 0. The van der Waals surface area contributed by atoms with Crippen LogP contribution in [0.5, 0.6) is 0 Å². The third-order valence-corrected chi connectivity index (χ3v) is 8.53. The number of anilines is 1. The van der Waals surface area contributed by atoms with Gasteiger partial charge in [-0.3, -0.25) is 4.79 Å². The number of benzene rings is 2. The lowest BCUT2D eigenvalue weighted by Gasteiger charge is -2.39. The molecular formula is C34H44N4O. The average Bonchev–Trinajstić information content (AvgIpc) is 3.19. The maximum atomic E-state index is 13.9. The molecule has 1 aliphatic heterocycles. The number of amides is 1. The first kappa shape index (κ1) is 26.7. The minimum absolute atomic E-state index is 0. The number of carbonyl (C=O) groups excluding carboxylic acids is 1. The molecule has 3 aromatic rings. The van der Waals surface area contributed by atoms with Crippen LogP contribution in [0.3, 0.4) is 0 Å². The van der Waals surface area contributed by atoms with Crippen molar-refractivity contribution in [3.63, 3.8) is 0 Å². The first-order valence-corrected chi connectivity index (χ1v) is 14.1. The number of hydrogen-bond acceptors (Lipinski definition) is 3. The lowest BCUT2D eigenvalue weighted by Crippen LogP contribution is -2.46. The van der Waals surface area contributed by atoms with E-state index >= 15 is 0 Å². The smallest absolute Gasteiger partial charge is 0.257 e. The number of nitrogens with one attached hydrogen (secondary N) is 2. The lowest BCUT2D eigenvalue weighted by atomic mass is 9.83. The molecule has 1 aromatic heterocycles. The van der Waals surface area contributed by atoms with Crippen LogP contribution in [0, 0.1) is 6.92 Å². The van der Waals surface area contributed by atoms with Gasteiger partial charge in [-0.2, -0.15) is 5.10 Å². The average molecular weight is 525 g/mol. The van der Waals surface area contributed by atoms with Gasteiger partial charge < -0.3 is 10.6 Å². The summed E-state index contributed by atoms with van der Waals surface area (Å²) in [6.45, 7) is 10.8. The number of hydrogen-bond donors (Lipinski definition) is 2. The second-order valence-electron chi connectivity index (χ2n) is 11.4. The van der Waals surface area contributed by atoms with Crippen LogP contribution >= 0.6 is 0 Å². The number of nitrogens with zero attached hydrogens (tertiary/aromatic N) is 2. The van der Waals surface area contributed by atoms with Gasteiger partial charge in [0.05, 0.1) is 23.3 Å². The van der Waals surface area contributed by atoms with Gasteiger partial charge in [-0.05, 0) is 74.3 Å². The molecule has 1 unspecified atom stereocenters. The van der Waals surface area contributed by atoms with Crippen molar-refractivity contribution < 1.29 is 7.65 Å². The summed E-state index contributed by atoms with van der Waals surface area (Å²) in [5.74, 6) is 0.699. The minimum Gasteiger partial charge on any atom is -0.363 e. The third-order valence-electron chi connectivity index (χ3n) is 8.53. The lowest BCUT2D eigenvalue weighted by molar-refractivity contribution is 0.0890. The largest absolute Gasteiger partial charge is 0.363 e. The summed E-state index contributed by atoms with van der Waals surface area (Å²) < 4.78 is 1.98. The fourth-order valence-electron chi connectivity index (χ4n) is 6.05. The van der Waals surface area contributed by atoms with Crippen LogP contribution in [0.15, 0.2) is 90.7 Å². The molecule has 2 heterocycles. The molecule has 0 saturated heterocycles. The minimum atomic E-state index is -0.473. The van der Waals surface area contributed by atoms with Gasteiger partial charge in [0.25, 0.3) is 5.91 Å². The summed E-state index contributed by atoms with van der Waals surface area (Å²) in [6.07, 6.45) is 15.7. The zero-order valence-electron chi connectivity index (χ0n) is 23.8. The molecule has 0 fully saturated rings. The molecule has 0 radical (unpaired) electrons. The number of rotatable bonds is 7. The van der Waals surface area contributed by atoms with Crippen LogP contribution < -0.4 is 10.6 Å². The fraction of sp³-hybridized carbons (Fsp3) is 0.353. The highest BCUT2D eigenvalue weighted by atomic mass is 16.1. The third kappa shape index (κ3) is 5.10. The van der Waals surface area contributed by atoms with Crippen LogP contribution in [0.4, 0.5) is 5.82 Å². The number of aromatic nitrogens is 2. The van der Waals surface area contributed by atoms with Crippen molar-refractivity contribution in [1.29, 1.82) is 0 Å². The van der Waals surface area contributed by atoms with Gasteiger partial charge in [0, 0.05) is 2.85 Å². The second kappa shape index (κ2) is 10.7. The molecule has 39 heavy (non-hydrogen) atoms. The number of carbonyl (C=O) groups is 1. The van der Waals surface area contributed by atoms with E-state index in [9.17, 15) is 4.79 Å². The monoisotopic (exact) mass is 524 g/mol. The van der Waals surface area contributed by atoms with E-state index in [1.165, 1.54) is 22.3 Å². The standard InChI is InChI=1S/C34H40N4O.2H2/c1-6-34(7-2,27-20-18-25(19-21-27)28-17-13-12-14-24(28)3)37-32(39)29-23-35-38-31(29)36-30(22-33(38,4)5)26-15-10-8-9-11-16-26;;/h8-15,17-21,23,30,36H,6-7,16,22H2,1-5H3,(H,37,39);2*1H. The molecule has 2 N–H and O–H groups in total. The summed E-state index contributed by atoms with van der Waals surface area (Å²) >= 11 is 0. The summed E-state index contributed by atoms with van der Waals surface area (Å²) in [6, 6.07) is 17.2. The zero-order chi connectivity index (χ0) is 27.6. The van der Waals surface area contributed by atoms with Gasteiger partial charge in [-0.15, -0.1) is 0 Å². The highest BCUT2D eigenvalue weighted by molar-refractivity contribution is 5.99. The van der Waals surface area contributed by atoms with Gasteiger partial charge in [-0.1, -0.05) is 92.8 Å². The maximum Gasteiger partial charge on any atom is 0.257 e. The molecule has 1 atom stereocenters. The van der Waals surface area contributed by atoms with Crippen LogP contribution in [0.1, 0.15) is 77.7 Å². The van der Waals surface area contributed by atoms with E-state index in [-0.39, 0.29) is 20.3 Å². The first-order chi connectivity index (χ1) is 18.8. The van der Waals surface area contributed by atoms with Crippen molar-refractivity contribution in [3.05, 3.63) is 107 Å². The molecule has 206 valence electrons. The molecule has 1 aliphatic carbocycles. The van der Waals surface area contributed by atoms with E-state index in [0.717, 1.165) is 37.1 Å². The van der Waals surface area contributed by atoms with Gasteiger partial charge >= 0.3 is 0 Å². The van der Waals surface area contributed by atoms with Gasteiger partial charge in [-0.25, -0.2) is 4.68 Å². The van der Waals surface area contributed by atoms with Crippen LogP contribution in [-0.2, 0) is 11.1 Å². The summed E-state index contributed by atoms with van der Waals surface area (Å²) in [5, 5.41) is 11.8. The van der Waals surface area contributed by atoms with Crippen LogP contribution in [0.2, 0.25) is 0 Å². The van der Waals surface area contributed by atoms with Crippen molar-refractivity contribution in [2.45, 2.75) is 77.4 Å². The van der Waals surface area contributed by atoms with E-state index < -0.39 is 5.54 Å². The zero-order valence-corrected chi connectivity index (χ0v) is 23.8. The predicted octanol–water partition coefficient (Wildman–Crippen LogP) is 8.16. The van der Waals surface area contributed by atoms with E-state index in [2.05, 4.69) is 129 Å². The predicted molar refractivity (Wildman–Crippen MR) is 165 cm³/mol. The molecule has 2 aliphatic rings. The molecule has 2 aromatic carbocycles. The molecule has 0 saturated carbocycles. The maximum absolute atomic E-state index is 13.9. The Labute approximate surface area is 235 Å². The summed E-state index contributed by atoms with van der Waals surface area (Å²) in [5.41, 5.74) is 6.01. The van der Waals surface area contributed by atoms with Crippen molar-refractivity contribution in [1.82, 2.24) is 15.1 Å². The van der Waals surface area contributed by atoms with Crippen LogP contribution in [0.25, 0.3) is 11.1 Å². The van der Waals surface area contributed by atoms with E-state index in [1.807, 2.05) is 4.68 Å². The Bertz CT molecular complexity index is 1450. The van der Waals surface area contributed by atoms with Crippen molar-refractivity contribution >= 4 is 11.7 Å². The van der Waals surface area contributed by atoms with Crippen LogP contribution in [-0.4, -0.2) is 21.7 Å². The molecule has 0 spiro atoms. The number of allylic oxidation sites excluding steroid dienone is 5. The Morgan fingerprint density at radius 1 is 1.10 bits per heavy atom. The van der Waals surface area contributed by atoms with Gasteiger partial charge in [0.1, 0.15) is 11.4 Å². The van der Waals surface area contributed by atoms with E-state index in [0.29, 0.717) is 5.56 Å².